The topological polar surface area (TPSA) is 12.0 Å². The van der Waals surface area contributed by atoms with Crippen molar-refractivity contribution in [3.05, 3.63) is 34.9 Å². The highest BCUT2D eigenvalue weighted by Gasteiger charge is 2.18. The molecule has 0 aliphatic heterocycles. The van der Waals surface area contributed by atoms with Crippen molar-refractivity contribution >= 4 is 11.8 Å². The van der Waals surface area contributed by atoms with Gasteiger partial charge in [-0.25, -0.2) is 0 Å². The Morgan fingerprint density at radius 1 is 1.05 bits per heavy atom. The third kappa shape index (κ3) is 5.88. The van der Waals surface area contributed by atoms with E-state index in [2.05, 4.69) is 69.9 Å². The van der Waals surface area contributed by atoms with Gasteiger partial charge in [0, 0.05) is 17.0 Å². The van der Waals surface area contributed by atoms with E-state index in [1.54, 1.807) is 0 Å². The van der Waals surface area contributed by atoms with Crippen molar-refractivity contribution in [1.82, 2.24) is 5.32 Å². The summed E-state index contributed by atoms with van der Waals surface area (Å²) >= 11 is 2.12. The maximum absolute atomic E-state index is 3.67. The van der Waals surface area contributed by atoms with Crippen molar-refractivity contribution in [3.63, 3.8) is 0 Å². The van der Waals surface area contributed by atoms with Gasteiger partial charge in [0.2, 0.25) is 0 Å². The Labute approximate surface area is 129 Å². The average molecular weight is 294 g/mol. The normalized spacial score (nSPS) is 14.2. The molecule has 20 heavy (non-hydrogen) atoms. The van der Waals surface area contributed by atoms with Crippen LogP contribution in [0.5, 0.6) is 0 Å². The van der Waals surface area contributed by atoms with Crippen LogP contribution in [0.4, 0.5) is 0 Å². The SMILES string of the molecule is CCCC(NCC)C(CC)SCc1cc(C)cc(C)c1. The minimum absolute atomic E-state index is 0.658. The Hall–Kier alpha value is -0.470. The Kier molecular flexibility index (Phi) is 8.32. The van der Waals surface area contributed by atoms with Crippen LogP contribution in [-0.4, -0.2) is 17.8 Å². The Morgan fingerprint density at radius 3 is 2.20 bits per heavy atom. The fourth-order valence-corrected chi connectivity index (χ4v) is 4.14. The standard InChI is InChI=1S/C18H31NS/c1-6-9-17(19-8-3)18(7-2)20-13-16-11-14(4)10-15(5)12-16/h10-12,17-19H,6-9,13H2,1-5H3. The van der Waals surface area contributed by atoms with E-state index in [0.29, 0.717) is 6.04 Å². The maximum atomic E-state index is 3.67. The number of hydrogen-bond acceptors (Lipinski definition) is 2. The van der Waals surface area contributed by atoms with Crippen molar-refractivity contribution < 1.29 is 0 Å². The number of thioether (sulfide) groups is 1. The first-order valence-corrected chi connectivity index (χ1v) is 9.07. The molecule has 114 valence electrons. The van der Waals surface area contributed by atoms with E-state index in [1.807, 2.05) is 0 Å². The number of aryl methyl sites for hydroxylation is 2. The quantitative estimate of drug-likeness (QED) is 0.680. The van der Waals surface area contributed by atoms with Gasteiger partial charge in [-0.15, -0.1) is 0 Å². The fraction of sp³-hybridized carbons (Fsp3) is 0.667. The molecular weight excluding hydrogens is 262 g/mol. The van der Waals surface area contributed by atoms with Gasteiger partial charge in [0.05, 0.1) is 0 Å². The van der Waals surface area contributed by atoms with E-state index in [-0.39, 0.29) is 0 Å². The van der Waals surface area contributed by atoms with Crippen LogP contribution in [0.25, 0.3) is 0 Å². The lowest BCUT2D eigenvalue weighted by molar-refractivity contribution is 0.465. The zero-order valence-corrected chi connectivity index (χ0v) is 14.6. The summed E-state index contributed by atoms with van der Waals surface area (Å²) in [6.45, 7) is 12.3. The second-order valence-corrected chi connectivity index (χ2v) is 6.93. The minimum atomic E-state index is 0.658. The van der Waals surface area contributed by atoms with Gasteiger partial charge >= 0.3 is 0 Å². The van der Waals surface area contributed by atoms with E-state index < -0.39 is 0 Å². The lowest BCUT2D eigenvalue weighted by Crippen LogP contribution is -2.37. The average Bonchev–Trinajstić information content (AvgIpc) is 2.38. The van der Waals surface area contributed by atoms with Crippen LogP contribution in [0, 0.1) is 13.8 Å². The molecule has 2 unspecified atom stereocenters. The van der Waals surface area contributed by atoms with Gasteiger partial charge in [-0.2, -0.15) is 11.8 Å². The first-order chi connectivity index (χ1) is 9.60. The summed E-state index contributed by atoms with van der Waals surface area (Å²) in [6, 6.07) is 7.57. The van der Waals surface area contributed by atoms with Gasteiger partial charge in [-0.3, -0.25) is 0 Å². The van der Waals surface area contributed by atoms with E-state index in [9.17, 15) is 0 Å². The van der Waals surface area contributed by atoms with Crippen LogP contribution in [0.2, 0.25) is 0 Å². The Balaban J connectivity index is 2.62. The smallest absolute Gasteiger partial charge is 0.0201 e. The van der Waals surface area contributed by atoms with Crippen LogP contribution in [-0.2, 0) is 5.75 Å². The largest absolute Gasteiger partial charge is 0.313 e. The van der Waals surface area contributed by atoms with Crippen molar-refractivity contribution in [1.29, 1.82) is 0 Å². The van der Waals surface area contributed by atoms with Crippen LogP contribution in [0.3, 0.4) is 0 Å². The van der Waals surface area contributed by atoms with E-state index in [4.69, 9.17) is 0 Å². The molecule has 2 heteroatoms. The van der Waals surface area contributed by atoms with Crippen LogP contribution >= 0.6 is 11.8 Å². The molecule has 0 saturated carbocycles. The Bertz CT molecular complexity index is 363. The number of nitrogens with one attached hydrogen (secondary N) is 1. The molecule has 0 amide bonds. The number of rotatable bonds is 9. The van der Waals surface area contributed by atoms with Crippen LogP contribution in [0.1, 0.15) is 56.7 Å². The predicted molar refractivity (Wildman–Crippen MR) is 93.7 cm³/mol. The molecule has 0 aliphatic carbocycles. The molecule has 1 aromatic rings. The third-order valence-corrected chi connectivity index (χ3v) is 5.25. The summed E-state index contributed by atoms with van der Waals surface area (Å²) in [5.74, 6) is 1.13. The third-order valence-electron chi connectivity index (χ3n) is 3.66. The second-order valence-electron chi connectivity index (χ2n) is 5.71. The molecule has 0 radical (unpaired) electrons. The van der Waals surface area contributed by atoms with Gasteiger partial charge in [-0.1, -0.05) is 56.5 Å². The lowest BCUT2D eigenvalue weighted by Gasteiger charge is -2.26. The Morgan fingerprint density at radius 2 is 1.70 bits per heavy atom. The van der Waals surface area contributed by atoms with E-state index in [0.717, 1.165) is 17.5 Å². The van der Waals surface area contributed by atoms with Gasteiger partial charge in [-0.05, 0) is 38.8 Å². The second kappa shape index (κ2) is 9.46. The highest BCUT2D eigenvalue weighted by molar-refractivity contribution is 7.99. The monoisotopic (exact) mass is 293 g/mol. The number of benzene rings is 1. The van der Waals surface area contributed by atoms with E-state index in [1.165, 1.54) is 36.0 Å². The first-order valence-electron chi connectivity index (χ1n) is 8.02. The van der Waals surface area contributed by atoms with Crippen molar-refractivity contribution in [2.45, 2.75) is 70.9 Å². The molecule has 1 N–H and O–H groups in total. The molecule has 0 spiro atoms. The molecule has 1 aromatic carbocycles. The lowest BCUT2D eigenvalue weighted by atomic mass is 10.1. The summed E-state index contributed by atoms with van der Waals surface area (Å²) in [7, 11) is 0. The van der Waals surface area contributed by atoms with Gasteiger partial charge in [0.15, 0.2) is 0 Å². The van der Waals surface area contributed by atoms with Crippen LogP contribution < -0.4 is 5.32 Å². The molecule has 0 aromatic heterocycles. The van der Waals surface area contributed by atoms with Gasteiger partial charge in [0.25, 0.3) is 0 Å². The van der Waals surface area contributed by atoms with Gasteiger partial charge < -0.3 is 5.32 Å². The minimum Gasteiger partial charge on any atom is -0.313 e. The highest BCUT2D eigenvalue weighted by atomic mass is 32.2. The fourth-order valence-electron chi connectivity index (χ4n) is 2.87. The molecule has 0 bridgehead atoms. The maximum Gasteiger partial charge on any atom is 0.0201 e. The zero-order valence-electron chi connectivity index (χ0n) is 13.8. The molecule has 1 nitrogen and oxygen atoms in total. The first kappa shape index (κ1) is 17.6. The molecular formula is C18H31NS. The summed E-state index contributed by atoms with van der Waals surface area (Å²) in [6.07, 6.45) is 3.79. The molecule has 2 atom stereocenters. The zero-order chi connectivity index (χ0) is 15.0. The molecule has 0 aliphatic rings. The predicted octanol–water partition coefficient (Wildman–Crippen LogP) is 5.09. The molecule has 0 saturated heterocycles. The van der Waals surface area contributed by atoms with Crippen molar-refractivity contribution in [3.8, 4) is 0 Å². The van der Waals surface area contributed by atoms with Crippen molar-refractivity contribution in [2.24, 2.45) is 0 Å². The molecule has 0 heterocycles. The summed E-state index contributed by atoms with van der Waals surface area (Å²) in [5, 5.41) is 4.39. The molecule has 0 fully saturated rings. The van der Waals surface area contributed by atoms with Gasteiger partial charge in [0.1, 0.15) is 0 Å². The summed E-state index contributed by atoms with van der Waals surface area (Å²) in [5.41, 5.74) is 4.23. The summed E-state index contributed by atoms with van der Waals surface area (Å²) < 4.78 is 0. The molecule has 1 rings (SSSR count). The van der Waals surface area contributed by atoms with Crippen LogP contribution in [0.15, 0.2) is 18.2 Å². The summed E-state index contributed by atoms with van der Waals surface area (Å²) in [4.78, 5) is 0. The number of hydrogen-bond donors (Lipinski definition) is 1. The van der Waals surface area contributed by atoms with E-state index >= 15 is 0 Å². The highest BCUT2D eigenvalue weighted by Crippen LogP contribution is 2.26. The van der Waals surface area contributed by atoms with Crippen molar-refractivity contribution in [2.75, 3.05) is 6.54 Å².